The number of carboxylic acid groups (broad SMARTS) is 1. The van der Waals surface area contributed by atoms with Gasteiger partial charge in [-0.15, -0.1) is 0 Å². The molecule has 1 aromatic heterocycles. The molecule has 0 bridgehead atoms. The molecule has 3 aromatic rings. The Hall–Kier alpha value is -2.91. The van der Waals surface area contributed by atoms with Crippen LogP contribution in [0.4, 0.5) is 5.69 Å². The molecule has 27 heavy (non-hydrogen) atoms. The predicted octanol–water partition coefficient (Wildman–Crippen LogP) is 3.43. The number of nitrogens with zero attached hydrogens (tertiary/aromatic N) is 2. The van der Waals surface area contributed by atoms with Crippen molar-refractivity contribution < 1.29 is 23.2 Å². The first kappa shape index (κ1) is 18.9. The summed E-state index contributed by atoms with van der Waals surface area (Å²) in [6.45, 7) is 0.898. The van der Waals surface area contributed by atoms with Crippen LogP contribution in [0.25, 0.3) is 10.9 Å². The average molecular weight is 409 g/mol. The molecule has 0 saturated carbocycles. The number of aliphatic carboxylic acids is 1. The Bertz CT molecular complexity index is 1180. The van der Waals surface area contributed by atoms with Crippen LogP contribution in [0.5, 0.6) is 0 Å². The van der Waals surface area contributed by atoms with Crippen molar-refractivity contribution in [3.63, 3.8) is 0 Å². The molecule has 10 heteroatoms. The van der Waals surface area contributed by atoms with Crippen molar-refractivity contribution in [2.45, 2.75) is 23.3 Å². The number of carboxylic acids is 1. The van der Waals surface area contributed by atoms with Crippen molar-refractivity contribution >= 4 is 44.0 Å². The van der Waals surface area contributed by atoms with Gasteiger partial charge in [-0.05, 0) is 37.3 Å². The van der Waals surface area contributed by atoms with Crippen LogP contribution in [0, 0.1) is 17.0 Å². The number of fused-ring (bicyclic) bond motifs is 1. The predicted molar refractivity (Wildman–Crippen MR) is 97.9 cm³/mol. The Morgan fingerprint density at radius 3 is 2.41 bits per heavy atom. The van der Waals surface area contributed by atoms with E-state index >= 15 is 0 Å². The van der Waals surface area contributed by atoms with Crippen LogP contribution in [0.15, 0.2) is 52.3 Å². The number of non-ortho nitro benzene ring substituents is 1. The lowest BCUT2D eigenvalue weighted by molar-refractivity contribution is -0.383. The minimum Gasteiger partial charge on any atom is -0.480 e. The van der Waals surface area contributed by atoms with Crippen LogP contribution < -0.4 is 0 Å². The Morgan fingerprint density at radius 1 is 1.22 bits per heavy atom. The van der Waals surface area contributed by atoms with Crippen molar-refractivity contribution in [2.75, 3.05) is 0 Å². The number of hydrogen-bond acceptors (Lipinski definition) is 5. The van der Waals surface area contributed by atoms with Crippen LogP contribution in [-0.4, -0.2) is 29.0 Å². The molecule has 0 saturated heterocycles. The van der Waals surface area contributed by atoms with Gasteiger partial charge in [0.15, 0.2) is 0 Å². The van der Waals surface area contributed by atoms with Crippen LogP contribution in [0.2, 0.25) is 5.02 Å². The van der Waals surface area contributed by atoms with E-state index in [0.29, 0.717) is 5.02 Å². The van der Waals surface area contributed by atoms with E-state index in [9.17, 15) is 28.4 Å². The van der Waals surface area contributed by atoms with Gasteiger partial charge in [-0.25, -0.2) is 8.42 Å². The number of nitro groups is 1. The van der Waals surface area contributed by atoms with Crippen molar-refractivity contribution in [1.29, 1.82) is 0 Å². The number of halogens is 1. The number of rotatable bonds is 5. The minimum atomic E-state index is -4.16. The van der Waals surface area contributed by atoms with Crippen molar-refractivity contribution in [3.05, 3.63) is 63.3 Å². The van der Waals surface area contributed by atoms with Crippen LogP contribution in [0.3, 0.4) is 0 Å². The first-order valence-corrected chi connectivity index (χ1v) is 9.49. The largest absolute Gasteiger partial charge is 0.480 e. The fraction of sp³-hybridized carbons (Fsp3) is 0.118. The molecule has 0 aliphatic carbocycles. The lowest BCUT2D eigenvalue weighted by Gasteiger charge is -2.07. The molecule has 140 valence electrons. The van der Waals surface area contributed by atoms with E-state index < -0.39 is 33.0 Å². The molecule has 0 radical (unpaired) electrons. The summed E-state index contributed by atoms with van der Waals surface area (Å²) >= 11 is 5.81. The Morgan fingerprint density at radius 2 is 1.85 bits per heavy atom. The topological polar surface area (TPSA) is 120 Å². The minimum absolute atomic E-state index is 0.0949. The third kappa shape index (κ3) is 3.15. The summed E-state index contributed by atoms with van der Waals surface area (Å²) in [6, 6.07) is 9.42. The zero-order valence-corrected chi connectivity index (χ0v) is 15.5. The van der Waals surface area contributed by atoms with Gasteiger partial charge in [0.25, 0.3) is 5.69 Å². The summed E-state index contributed by atoms with van der Waals surface area (Å²) in [5, 5.41) is 20.9. The van der Waals surface area contributed by atoms with E-state index in [1.807, 2.05) is 0 Å². The van der Waals surface area contributed by atoms with Gasteiger partial charge in [0.05, 0.1) is 20.7 Å². The summed E-state index contributed by atoms with van der Waals surface area (Å²) < 4.78 is 27.7. The van der Waals surface area contributed by atoms with Crippen molar-refractivity contribution in [2.24, 2.45) is 0 Å². The van der Waals surface area contributed by atoms with Gasteiger partial charge in [-0.1, -0.05) is 17.7 Å². The van der Waals surface area contributed by atoms with Crippen LogP contribution in [0.1, 0.15) is 5.69 Å². The van der Waals surface area contributed by atoms with Crippen LogP contribution >= 0.6 is 11.6 Å². The molecule has 1 heterocycles. The highest BCUT2D eigenvalue weighted by Crippen LogP contribution is 2.39. The summed E-state index contributed by atoms with van der Waals surface area (Å²) in [5.41, 5.74) is -0.138. The number of nitro benzene ring substituents is 1. The number of hydrogen-bond donors (Lipinski definition) is 1. The Kier molecular flexibility index (Phi) is 4.66. The molecule has 0 amide bonds. The maximum absolute atomic E-state index is 13.2. The summed E-state index contributed by atoms with van der Waals surface area (Å²) in [7, 11) is -4.16. The Labute approximate surface area is 158 Å². The van der Waals surface area contributed by atoms with Gasteiger partial charge in [0.2, 0.25) is 9.84 Å². The van der Waals surface area contributed by atoms with Gasteiger partial charge in [0.1, 0.15) is 11.4 Å². The zero-order valence-electron chi connectivity index (χ0n) is 13.9. The highest BCUT2D eigenvalue weighted by atomic mass is 35.5. The van der Waals surface area contributed by atoms with E-state index in [4.69, 9.17) is 11.6 Å². The van der Waals surface area contributed by atoms with Crippen molar-refractivity contribution in [1.82, 2.24) is 4.57 Å². The Balaban J connectivity index is 2.44. The fourth-order valence-corrected chi connectivity index (χ4v) is 4.85. The number of aromatic nitrogens is 1. The molecule has 8 nitrogen and oxygen atoms in total. The third-order valence-corrected chi connectivity index (χ3v) is 6.34. The molecule has 3 rings (SSSR count). The molecule has 0 unspecified atom stereocenters. The molecule has 0 aliphatic rings. The van der Waals surface area contributed by atoms with E-state index in [0.717, 1.165) is 0 Å². The monoisotopic (exact) mass is 408 g/mol. The average Bonchev–Trinajstić information content (AvgIpc) is 2.87. The lowest BCUT2D eigenvalue weighted by atomic mass is 10.2. The maximum Gasteiger partial charge on any atom is 0.323 e. The fourth-order valence-electron chi connectivity index (χ4n) is 3.02. The summed E-state index contributed by atoms with van der Waals surface area (Å²) in [4.78, 5) is 21.7. The van der Waals surface area contributed by atoms with E-state index in [1.165, 1.54) is 54.0 Å². The number of benzene rings is 2. The second-order valence-corrected chi connectivity index (χ2v) is 8.10. The molecule has 0 atom stereocenters. The van der Waals surface area contributed by atoms with Gasteiger partial charge in [-0.3, -0.25) is 14.9 Å². The van der Waals surface area contributed by atoms with Gasteiger partial charge in [0, 0.05) is 16.8 Å². The number of carbonyl (C=O) groups is 1. The molecule has 1 N–H and O–H groups in total. The standard InChI is InChI=1S/C17H13ClN2O6S/c1-10-17(27(25,26)12-7-5-11(18)6-8-12)16-13(19(10)9-15(21)22)3-2-4-14(16)20(23)24/h2-8H,9H2,1H3,(H,21,22). The highest BCUT2D eigenvalue weighted by molar-refractivity contribution is 7.91. The van der Waals surface area contributed by atoms with E-state index in [-0.39, 0.29) is 26.4 Å². The van der Waals surface area contributed by atoms with Gasteiger partial charge < -0.3 is 9.67 Å². The van der Waals surface area contributed by atoms with Gasteiger partial charge >= 0.3 is 5.97 Å². The van der Waals surface area contributed by atoms with E-state index in [1.54, 1.807) is 0 Å². The molecule has 0 aliphatic heterocycles. The maximum atomic E-state index is 13.2. The molecule has 0 fully saturated rings. The van der Waals surface area contributed by atoms with Crippen molar-refractivity contribution in [3.8, 4) is 0 Å². The zero-order chi connectivity index (χ0) is 19.9. The lowest BCUT2D eigenvalue weighted by Crippen LogP contribution is -2.11. The molecular formula is C17H13ClN2O6S. The quantitative estimate of drug-likeness (QED) is 0.510. The van der Waals surface area contributed by atoms with Gasteiger partial charge in [-0.2, -0.15) is 0 Å². The first-order chi connectivity index (χ1) is 12.6. The second kappa shape index (κ2) is 6.67. The van der Waals surface area contributed by atoms with Crippen LogP contribution in [-0.2, 0) is 21.2 Å². The molecule has 0 spiro atoms. The number of sulfone groups is 1. The van der Waals surface area contributed by atoms with E-state index in [2.05, 4.69) is 0 Å². The second-order valence-electron chi connectivity index (χ2n) is 5.78. The summed E-state index contributed by atoms with van der Waals surface area (Å²) in [6.07, 6.45) is 0. The molecule has 2 aromatic carbocycles. The SMILES string of the molecule is Cc1c(S(=O)(=O)c2ccc(Cl)cc2)c2c([N+](=O)[O-])cccc2n1CC(=O)O. The normalized spacial score (nSPS) is 11.6. The summed E-state index contributed by atoms with van der Waals surface area (Å²) in [5.74, 6) is -1.20. The third-order valence-electron chi connectivity index (χ3n) is 4.15. The highest BCUT2D eigenvalue weighted by Gasteiger charge is 2.32. The molecular weight excluding hydrogens is 396 g/mol. The smallest absolute Gasteiger partial charge is 0.323 e. The first-order valence-electron chi connectivity index (χ1n) is 7.63.